The number of amides is 3. The molecule has 2 aromatic rings. The SMILES string of the molecule is CC(C)Cn1nnc(-c2ccc(NC(=O)N3CCC(CCCC(=O)NO)CC3)cc2)n1. The minimum atomic E-state index is -0.348. The maximum atomic E-state index is 12.6. The summed E-state index contributed by atoms with van der Waals surface area (Å²) in [6, 6.07) is 7.33. The molecule has 3 rings (SSSR count). The van der Waals surface area contributed by atoms with Gasteiger partial charge >= 0.3 is 6.03 Å². The van der Waals surface area contributed by atoms with E-state index in [0.29, 0.717) is 37.2 Å². The number of benzene rings is 1. The van der Waals surface area contributed by atoms with Crippen LogP contribution < -0.4 is 10.8 Å². The summed E-state index contributed by atoms with van der Waals surface area (Å²) >= 11 is 0. The van der Waals surface area contributed by atoms with Gasteiger partial charge in [0.25, 0.3) is 0 Å². The van der Waals surface area contributed by atoms with Gasteiger partial charge in [0, 0.05) is 30.8 Å². The van der Waals surface area contributed by atoms with E-state index >= 15 is 0 Å². The van der Waals surface area contributed by atoms with Crippen molar-refractivity contribution in [2.24, 2.45) is 11.8 Å². The number of anilines is 1. The van der Waals surface area contributed by atoms with E-state index < -0.39 is 0 Å². The van der Waals surface area contributed by atoms with Gasteiger partial charge in [-0.3, -0.25) is 10.0 Å². The summed E-state index contributed by atoms with van der Waals surface area (Å²) < 4.78 is 0. The number of nitrogens with zero attached hydrogens (tertiary/aromatic N) is 5. The molecular weight excluding hydrogens is 398 g/mol. The first-order valence-corrected chi connectivity index (χ1v) is 10.8. The second kappa shape index (κ2) is 10.9. The van der Waals surface area contributed by atoms with Crippen molar-refractivity contribution in [2.45, 2.75) is 52.5 Å². The van der Waals surface area contributed by atoms with Crippen LogP contribution in [0.2, 0.25) is 0 Å². The second-order valence-electron chi connectivity index (χ2n) is 8.43. The Morgan fingerprint density at radius 3 is 2.55 bits per heavy atom. The highest BCUT2D eigenvalue weighted by molar-refractivity contribution is 5.89. The lowest BCUT2D eigenvalue weighted by Crippen LogP contribution is -2.41. The number of carbonyl (C=O) groups excluding carboxylic acids is 2. The molecule has 1 aromatic heterocycles. The maximum Gasteiger partial charge on any atom is 0.321 e. The summed E-state index contributed by atoms with van der Waals surface area (Å²) in [7, 11) is 0. The Balaban J connectivity index is 1.45. The molecule has 3 N–H and O–H groups in total. The number of rotatable bonds is 8. The Labute approximate surface area is 182 Å². The van der Waals surface area contributed by atoms with Crippen LogP contribution >= 0.6 is 0 Å². The third-order valence-electron chi connectivity index (χ3n) is 5.42. The molecular formula is C21H31N7O3. The lowest BCUT2D eigenvalue weighted by molar-refractivity contribution is -0.129. The number of aromatic nitrogens is 4. The average Bonchev–Trinajstić information content (AvgIpc) is 3.22. The summed E-state index contributed by atoms with van der Waals surface area (Å²) in [6.45, 7) is 6.31. The Morgan fingerprint density at radius 2 is 1.90 bits per heavy atom. The molecule has 0 unspecified atom stereocenters. The minimum Gasteiger partial charge on any atom is -0.325 e. The smallest absolute Gasteiger partial charge is 0.321 e. The van der Waals surface area contributed by atoms with Gasteiger partial charge in [-0.2, -0.15) is 4.80 Å². The van der Waals surface area contributed by atoms with Gasteiger partial charge in [0.2, 0.25) is 11.7 Å². The molecule has 10 nitrogen and oxygen atoms in total. The van der Waals surface area contributed by atoms with E-state index in [0.717, 1.165) is 43.5 Å². The molecule has 1 aromatic carbocycles. The topological polar surface area (TPSA) is 125 Å². The molecule has 1 saturated heterocycles. The van der Waals surface area contributed by atoms with Crippen LogP contribution in [0.15, 0.2) is 24.3 Å². The van der Waals surface area contributed by atoms with Crippen LogP contribution in [0, 0.1) is 11.8 Å². The maximum absolute atomic E-state index is 12.6. The molecule has 2 heterocycles. The van der Waals surface area contributed by atoms with E-state index in [4.69, 9.17) is 5.21 Å². The van der Waals surface area contributed by atoms with Crippen molar-refractivity contribution >= 4 is 17.6 Å². The first kappa shape index (κ1) is 22.7. The lowest BCUT2D eigenvalue weighted by Gasteiger charge is -2.32. The van der Waals surface area contributed by atoms with Crippen LogP contribution in [-0.4, -0.2) is 55.3 Å². The highest BCUT2D eigenvalue weighted by Gasteiger charge is 2.23. The second-order valence-corrected chi connectivity index (χ2v) is 8.43. The Bertz CT molecular complexity index is 858. The third kappa shape index (κ3) is 6.74. The Kier molecular flexibility index (Phi) is 7.94. The quantitative estimate of drug-likeness (QED) is 0.438. The van der Waals surface area contributed by atoms with Gasteiger partial charge in [0.15, 0.2) is 0 Å². The molecule has 0 atom stereocenters. The fourth-order valence-corrected chi connectivity index (χ4v) is 3.70. The zero-order valence-corrected chi connectivity index (χ0v) is 18.1. The van der Waals surface area contributed by atoms with Crippen molar-refractivity contribution < 1.29 is 14.8 Å². The van der Waals surface area contributed by atoms with Crippen molar-refractivity contribution in [1.82, 2.24) is 30.6 Å². The highest BCUT2D eigenvalue weighted by atomic mass is 16.5. The van der Waals surface area contributed by atoms with Crippen LogP contribution in [0.4, 0.5) is 10.5 Å². The molecule has 1 aliphatic rings. The first-order valence-electron chi connectivity index (χ1n) is 10.8. The van der Waals surface area contributed by atoms with Crippen LogP contribution in [-0.2, 0) is 11.3 Å². The summed E-state index contributed by atoms with van der Waals surface area (Å²) in [4.78, 5) is 27.1. The molecule has 10 heteroatoms. The van der Waals surface area contributed by atoms with E-state index in [2.05, 4.69) is 34.6 Å². The average molecular weight is 430 g/mol. The summed E-state index contributed by atoms with van der Waals surface area (Å²) in [6.07, 6.45) is 3.85. The van der Waals surface area contributed by atoms with Crippen molar-refractivity contribution in [3.63, 3.8) is 0 Å². The van der Waals surface area contributed by atoms with Crippen molar-refractivity contribution in [1.29, 1.82) is 0 Å². The molecule has 1 fully saturated rings. The van der Waals surface area contributed by atoms with E-state index in [1.165, 1.54) is 0 Å². The number of urea groups is 1. The number of nitrogens with one attached hydrogen (secondary N) is 2. The molecule has 0 radical (unpaired) electrons. The van der Waals surface area contributed by atoms with Crippen molar-refractivity contribution in [3.8, 4) is 11.4 Å². The molecule has 3 amide bonds. The van der Waals surface area contributed by atoms with Gasteiger partial charge in [-0.05, 0) is 67.0 Å². The van der Waals surface area contributed by atoms with Gasteiger partial charge in [0.1, 0.15) is 0 Å². The fraction of sp³-hybridized carbons (Fsp3) is 0.571. The van der Waals surface area contributed by atoms with Gasteiger partial charge in [0.05, 0.1) is 6.54 Å². The standard InChI is InChI=1S/C21H31N7O3/c1-15(2)14-28-24-20(23-26-28)17-6-8-18(9-7-17)22-21(30)27-12-10-16(11-13-27)4-3-5-19(29)25-31/h6-9,15-16,31H,3-5,10-14H2,1-2H3,(H,22,30)(H,25,29). The number of hydrogen-bond acceptors (Lipinski definition) is 6. The number of hydrogen-bond donors (Lipinski definition) is 3. The molecule has 0 aliphatic carbocycles. The minimum absolute atomic E-state index is 0.105. The van der Waals surface area contributed by atoms with E-state index in [1.54, 1.807) is 10.3 Å². The summed E-state index contributed by atoms with van der Waals surface area (Å²) in [5.74, 6) is 1.17. The van der Waals surface area contributed by atoms with Crippen LogP contribution in [0.25, 0.3) is 11.4 Å². The number of hydroxylamine groups is 1. The van der Waals surface area contributed by atoms with Gasteiger partial charge in [-0.25, -0.2) is 10.3 Å². The van der Waals surface area contributed by atoms with Gasteiger partial charge in [-0.15, -0.1) is 10.2 Å². The van der Waals surface area contributed by atoms with E-state index in [1.807, 2.05) is 29.2 Å². The normalized spacial score (nSPS) is 14.6. The molecule has 1 aliphatic heterocycles. The first-order chi connectivity index (χ1) is 14.9. The molecule has 168 valence electrons. The molecule has 0 saturated carbocycles. The summed E-state index contributed by atoms with van der Waals surface area (Å²) in [5, 5.41) is 24.0. The van der Waals surface area contributed by atoms with Gasteiger partial charge in [-0.1, -0.05) is 13.8 Å². The number of carbonyl (C=O) groups is 2. The Hall–Kier alpha value is -3.01. The zero-order valence-electron chi connectivity index (χ0n) is 18.1. The predicted molar refractivity (Wildman–Crippen MR) is 115 cm³/mol. The number of tetrazole rings is 1. The monoisotopic (exact) mass is 429 g/mol. The van der Waals surface area contributed by atoms with E-state index in [9.17, 15) is 9.59 Å². The van der Waals surface area contributed by atoms with Crippen LogP contribution in [0.1, 0.15) is 46.0 Å². The third-order valence-corrected chi connectivity index (χ3v) is 5.42. The van der Waals surface area contributed by atoms with Crippen LogP contribution in [0.3, 0.4) is 0 Å². The molecule has 0 bridgehead atoms. The number of piperidine rings is 1. The molecule has 0 spiro atoms. The zero-order chi connectivity index (χ0) is 22.2. The van der Waals surface area contributed by atoms with Gasteiger partial charge < -0.3 is 10.2 Å². The lowest BCUT2D eigenvalue weighted by atomic mass is 9.91. The Morgan fingerprint density at radius 1 is 1.19 bits per heavy atom. The summed E-state index contributed by atoms with van der Waals surface area (Å²) in [5.41, 5.74) is 3.23. The van der Waals surface area contributed by atoms with Crippen LogP contribution in [0.5, 0.6) is 0 Å². The predicted octanol–water partition coefficient (Wildman–Crippen LogP) is 2.92. The number of likely N-dealkylation sites (tertiary alicyclic amines) is 1. The van der Waals surface area contributed by atoms with Crippen molar-refractivity contribution in [3.05, 3.63) is 24.3 Å². The fourth-order valence-electron chi connectivity index (χ4n) is 3.70. The molecule has 31 heavy (non-hydrogen) atoms. The van der Waals surface area contributed by atoms with E-state index in [-0.39, 0.29) is 11.9 Å². The highest BCUT2D eigenvalue weighted by Crippen LogP contribution is 2.23. The van der Waals surface area contributed by atoms with Crippen molar-refractivity contribution in [2.75, 3.05) is 18.4 Å². The largest absolute Gasteiger partial charge is 0.325 e.